The molecule has 2 aromatic carbocycles. The number of nitrogens with two attached hydrogens (primary N) is 1. The predicted molar refractivity (Wildman–Crippen MR) is 118 cm³/mol. The fourth-order valence-electron chi connectivity index (χ4n) is 3.53. The Kier molecular flexibility index (Phi) is 6.28. The average Bonchev–Trinajstić information content (AvgIpc) is 2.92. The molecule has 0 aromatic heterocycles. The van der Waals surface area contributed by atoms with E-state index in [1.165, 1.54) is 12.1 Å². The summed E-state index contributed by atoms with van der Waals surface area (Å²) < 4.78 is 18.9. The van der Waals surface area contributed by atoms with Crippen molar-refractivity contribution in [3.63, 3.8) is 0 Å². The van der Waals surface area contributed by atoms with Gasteiger partial charge in [-0.25, -0.2) is 4.39 Å². The Labute approximate surface area is 179 Å². The molecule has 0 saturated carbocycles. The number of rotatable bonds is 5. The summed E-state index contributed by atoms with van der Waals surface area (Å²) in [5.41, 5.74) is 6.95. The van der Waals surface area contributed by atoms with Gasteiger partial charge in [0.15, 0.2) is 0 Å². The van der Waals surface area contributed by atoms with E-state index in [1.54, 1.807) is 23.9 Å². The summed E-state index contributed by atoms with van der Waals surface area (Å²) in [6, 6.07) is 13.4. The highest BCUT2D eigenvalue weighted by molar-refractivity contribution is 8.00. The summed E-state index contributed by atoms with van der Waals surface area (Å²) in [7, 11) is 0. The van der Waals surface area contributed by atoms with Gasteiger partial charge in [-0.15, -0.1) is 11.8 Å². The van der Waals surface area contributed by atoms with Crippen LogP contribution in [0.5, 0.6) is 11.5 Å². The van der Waals surface area contributed by atoms with Gasteiger partial charge in [0, 0.05) is 19.1 Å². The van der Waals surface area contributed by atoms with Crippen LogP contribution in [0.4, 0.5) is 4.39 Å². The third-order valence-electron chi connectivity index (χ3n) is 5.08. The van der Waals surface area contributed by atoms with E-state index in [-0.39, 0.29) is 23.0 Å². The molecular weight excluding hydrogens is 401 g/mol. The number of hydrogen-bond donors (Lipinski definition) is 2. The summed E-state index contributed by atoms with van der Waals surface area (Å²) in [6.45, 7) is 1.45. The number of nitrogens with zero attached hydrogens (tertiary/aromatic N) is 1. The van der Waals surface area contributed by atoms with Crippen molar-refractivity contribution in [1.29, 1.82) is 0 Å². The number of amides is 1. The van der Waals surface area contributed by atoms with Crippen LogP contribution in [0.15, 0.2) is 72.6 Å². The van der Waals surface area contributed by atoms with Crippen molar-refractivity contribution >= 4 is 17.7 Å². The molecule has 7 heteroatoms. The number of allylic oxidation sites excluding steroid dienone is 2. The molecule has 4 rings (SSSR count). The van der Waals surface area contributed by atoms with Gasteiger partial charge in [0.05, 0.1) is 5.82 Å². The number of thioether (sulfide) groups is 1. The van der Waals surface area contributed by atoms with Gasteiger partial charge in [0.2, 0.25) is 5.91 Å². The van der Waals surface area contributed by atoms with Gasteiger partial charge in [-0.2, -0.15) is 0 Å². The lowest BCUT2D eigenvalue weighted by Crippen LogP contribution is -2.45. The molecule has 2 aliphatic heterocycles. The first-order valence-electron chi connectivity index (χ1n) is 9.91. The minimum absolute atomic E-state index is 0.00321. The number of ether oxygens (including phenoxy) is 1. The van der Waals surface area contributed by atoms with Crippen molar-refractivity contribution in [2.45, 2.75) is 17.7 Å². The normalized spacial score (nSPS) is 21.6. The molecule has 2 aromatic rings. The van der Waals surface area contributed by atoms with Crippen molar-refractivity contribution in [2.24, 2.45) is 5.73 Å². The number of benzene rings is 2. The van der Waals surface area contributed by atoms with Crippen LogP contribution in [0.2, 0.25) is 0 Å². The maximum absolute atomic E-state index is 13.1. The fourth-order valence-corrected chi connectivity index (χ4v) is 4.74. The highest BCUT2D eigenvalue weighted by Gasteiger charge is 2.29. The van der Waals surface area contributed by atoms with E-state index in [1.807, 2.05) is 36.4 Å². The molecular formula is C23H24FN3O2S. The number of carbonyl (C=O) groups is 1. The number of nitrogens with one attached hydrogen (secondary N) is 1. The molecule has 0 bridgehead atoms. The maximum atomic E-state index is 13.1. The molecule has 2 atom stereocenters. The van der Waals surface area contributed by atoms with Crippen LogP contribution in [-0.4, -0.2) is 35.7 Å². The summed E-state index contributed by atoms with van der Waals surface area (Å²) in [6.07, 6.45) is 6.77. The Morgan fingerprint density at radius 1 is 1.20 bits per heavy atom. The van der Waals surface area contributed by atoms with Crippen molar-refractivity contribution in [2.75, 3.05) is 18.8 Å². The Morgan fingerprint density at radius 2 is 2.03 bits per heavy atom. The third kappa shape index (κ3) is 4.97. The first-order valence-corrected chi connectivity index (χ1v) is 11.0. The Balaban J connectivity index is 1.42. The zero-order valence-electron chi connectivity index (χ0n) is 16.5. The molecule has 156 valence electrons. The summed E-state index contributed by atoms with van der Waals surface area (Å²) in [4.78, 5) is 15.0. The fraction of sp³-hybridized carbons (Fsp3) is 0.261. The van der Waals surface area contributed by atoms with Crippen LogP contribution >= 0.6 is 11.8 Å². The topological polar surface area (TPSA) is 67.6 Å². The largest absolute Gasteiger partial charge is 0.457 e. The molecule has 0 aliphatic carbocycles. The number of hydrogen-bond acceptors (Lipinski definition) is 5. The molecule has 1 saturated heterocycles. The van der Waals surface area contributed by atoms with Crippen molar-refractivity contribution < 1.29 is 13.9 Å². The zero-order valence-corrected chi connectivity index (χ0v) is 17.3. The van der Waals surface area contributed by atoms with Gasteiger partial charge in [0.1, 0.15) is 22.6 Å². The smallest absolute Gasteiger partial charge is 0.237 e. The van der Waals surface area contributed by atoms with E-state index >= 15 is 0 Å². The predicted octanol–water partition coefficient (Wildman–Crippen LogP) is 3.95. The first-order chi connectivity index (χ1) is 14.6. The second-order valence-electron chi connectivity index (χ2n) is 7.30. The van der Waals surface area contributed by atoms with E-state index in [0.29, 0.717) is 18.0 Å². The van der Waals surface area contributed by atoms with Crippen molar-refractivity contribution in [1.82, 2.24) is 10.2 Å². The molecule has 0 spiro atoms. The van der Waals surface area contributed by atoms with E-state index in [4.69, 9.17) is 10.5 Å². The van der Waals surface area contributed by atoms with Crippen LogP contribution in [-0.2, 0) is 4.79 Å². The molecule has 0 radical (unpaired) electrons. The lowest BCUT2D eigenvalue weighted by atomic mass is 10.1. The number of halogens is 1. The summed E-state index contributed by atoms with van der Waals surface area (Å²) in [5.74, 6) is 2.45. The van der Waals surface area contributed by atoms with E-state index in [2.05, 4.69) is 16.3 Å². The standard InChI is InChI=1S/C23H24FN3O2S/c24-17-7-9-19(10-8-17)29-20-5-3-4-16(14-20)22-23(28)26-18(11-13-30-22)15-27-12-2-1-6-21(27)25/h1-10,14,18,22H,11-13,15,25H2,(H,26,28)/t18-,22+/m0/s1. The van der Waals surface area contributed by atoms with Crippen LogP contribution in [0.1, 0.15) is 17.2 Å². The van der Waals surface area contributed by atoms with Crippen LogP contribution < -0.4 is 15.8 Å². The second kappa shape index (κ2) is 9.26. The van der Waals surface area contributed by atoms with Gasteiger partial charge in [-0.3, -0.25) is 4.79 Å². The molecule has 2 aliphatic rings. The van der Waals surface area contributed by atoms with Gasteiger partial charge in [-0.1, -0.05) is 24.3 Å². The van der Waals surface area contributed by atoms with Gasteiger partial charge >= 0.3 is 0 Å². The zero-order chi connectivity index (χ0) is 20.9. The SMILES string of the molecule is NC1=CC=CCN1C[C@@H]1CCS[C@H](c2cccc(Oc3ccc(F)cc3)c2)C(=O)N1. The lowest BCUT2D eigenvalue weighted by Gasteiger charge is -2.29. The van der Waals surface area contributed by atoms with E-state index < -0.39 is 0 Å². The average molecular weight is 426 g/mol. The van der Waals surface area contributed by atoms with E-state index in [9.17, 15) is 9.18 Å². The molecule has 0 unspecified atom stereocenters. The number of carbonyl (C=O) groups excluding carboxylic acids is 1. The van der Waals surface area contributed by atoms with Crippen LogP contribution in [0.3, 0.4) is 0 Å². The van der Waals surface area contributed by atoms with Crippen LogP contribution in [0, 0.1) is 5.82 Å². The minimum Gasteiger partial charge on any atom is -0.457 e. The second-order valence-corrected chi connectivity index (χ2v) is 8.51. The summed E-state index contributed by atoms with van der Waals surface area (Å²) in [5, 5.41) is 2.88. The van der Waals surface area contributed by atoms with Gasteiger partial charge in [0.25, 0.3) is 0 Å². The molecule has 2 heterocycles. The van der Waals surface area contributed by atoms with Crippen LogP contribution in [0.25, 0.3) is 0 Å². The maximum Gasteiger partial charge on any atom is 0.237 e. The molecule has 3 N–H and O–H groups in total. The monoisotopic (exact) mass is 425 g/mol. The Bertz CT molecular complexity index is 961. The van der Waals surface area contributed by atoms with Crippen molar-refractivity contribution in [3.05, 3.63) is 84.0 Å². The highest BCUT2D eigenvalue weighted by Crippen LogP contribution is 2.35. The quantitative estimate of drug-likeness (QED) is 0.759. The third-order valence-corrected chi connectivity index (χ3v) is 6.37. The van der Waals surface area contributed by atoms with E-state index in [0.717, 1.165) is 30.1 Å². The molecule has 30 heavy (non-hydrogen) atoms. The molecule has 1 fully saturated rings. The molecule has 5 nitrogen and oxygen atoms in total. The lowest BCUT2D eigenvalue weighted by molar-refractivity contribution is -0.121. The van der Waals surface area contributed by atoms with Gasteiger partial charge in [-0.05, 0) is 60.2 Å². The Hall–Kier alpha value is -2.93. The Morgan fingerprint density at radius 3 is 2.83 bits per heavy atom. The van der Waals surface area contributed by atoms with Crippen molar-refractivity contribution in [3.8, 4) is 11.5 Å². The molecule has 1 amide bonds. The van der Waals surface area contributed by atoms with Gasteiger partial charge < -0.3 is 20.7 Å². The summed E-state index contributed by atoms with van der Waals surface area (Å²) >= 11 is 1.63. The highest BCUT2D eigenvalue weighted by atomic mass is 32.2. The minimum atomic E-state index is -0.310. The first kappa shape index (κ1) is 20.3.